The summed E-state index contributed by atoms with van der Waals surface area (Å²) in [6.07, 6.45) is 0. The maximum Gasteiger partial charge on any atom is 0.141 e. The summed E-state index contributed by atoms with van der Waals surface area (Å²) in [5.41, 5.74) is 0. The molecule has 0 heterocycles. The van der Waals surface area contributed by atoms with E-state index in [4.69, 9.17) is 11.6 Å². The van der Waals surface area contributed by atoms with Gasteiger partial charge in [0.1, 0.15) is 11.6 Å². The summed E-state index contributed by atoms with van der Waals surface area (Å²) in [7, 11) is 0. The maximum atomic E-state index is 12.5. The highest BCUT2D eigenvalue weighted by Gasteiger charge is 2.05. The summed E-state index contributed by atoms with van der Waals surface area (Å²) in [6.45, 7) is 0. The normalized spacial score (nSPS) is 10.0. The fourth-order valence-electron chi connectivity index (χ4n) is 0.525. The first-order chi connectivity index (χ1) is 4.61. The standard InChI is InChI=1S/C6H2BrClF2/c7-6-4(9)1-3(8)2-5(6)10/h1-2H. The average molecular weight is 227 g/mol. The zero-order valence-electron chi connectivity index (χ0n) is 4.67. The molecular weight excluding hydrogens is 225 g/mol. The lowest BCUT2D eigenvalue weighted by atomic mass is 10.3. The molecule has 54 valence electrons. The van der Waals surface area contributed by atoms with Gasteiger partial charge in [-0.2, -0.15) is 0 Å². The highest BCUT2D eigenvalue weighted by Crippen LogP contribution is 2.23. The van der Waals surface area contributed by atoms with Crippen LogP contribution < -0.4 is 0 Å². The molecule has 0 fully saturated rings. The monoisotopic (exact) mass is 226 g/mol. The van der Waals surface area contributed by atoms with Crippen molar-refractivity contribution in [3.8, 4) is 0 Å². The van der Waals surface area contributed by atoms with Crippen molar-refractivity contribution in [2.45, 2.75) is 0 Å². The van der Waals surface area contributed by atoms with E-state index in [0.29, 0.717) is 0 Å². The van der Waals surface area contributed by atoms with Crippen LogP contribution >= 0.6 is 27.5 Å². The highest BCUT2D eigenvalue weighted by atomic mass is 79.9. The SMILES string of the molecule is Fc1cc(Cl)cc(F)c1Br. The fourth-order valence-corrected chi connectivity index (χ4v) is 0.945. The molecule has 0 spiro atoms. The first kappa shape index (κ1) is 7.95. The van der Waals surface area contributed by atoms with Crippen molar-refractivity contribution in [2.75, 3.05) is 0 Å². The lowest BCUT2D eigenvalue weighted by Gasteiger charge is -1.95. The van der Waals surface area contributed by atoms with Gasteiger partial charge in [-0.05, 0) is 28.1 Å². The van der Waals surface area contributed by atoms with E-state index in [0.717, 1.165) is 12.1 Å². The van der Waals surface area contributed by atoms with E-state index >= 15 is 0 Å². The van der Waals surface area contributed by atoms with Gasteiger partial charge >= 0.3 is 0 Å². The van der Waals surface area contributed by atoms with Gasteiger partial charge in [-0.25, -0.2) is 8.78 Å². The third-order valence-electron chi connectivity index (χ3n) is 0.949. The van der Waals surface area contributed by atoms with Crippen molar-refractivity contribution in [2.24, 2.45) is 0 Å². The lowest BCUT2D eigenvalue weighted by molar-refractivity contribution is 0.572. The Morgan fingerprint density at radius 1 is 1.20 bits per heavy atom. The summed E-state index contributed by atoms with van der Waals surface area (Å²) >= 11 is 8.03. The average Bonchev–Trinajstić information content (AvgIpc) is 1.82. The van der Waals surface area contributed by atoms with Crippen LogP contribution in [0.5, 0.6) is 0 Å². The van der Waals surface area contributed by atoms with Crippen LogP contribution in [0.2, 0.25) is 5.02 Å². The van der Waals surface area contributed by atoms with E-state index in [1.165, 1.54) is 0 Å². The van der Waals surface area contributed by atoms with E-state index in [2.05, 4.69) is 15.9 Å². The molecule has 0 N–H and O–H groups in total. The first-order valence-corrected chi connectivity index (χ1v) is 3.58. The van der Waals surface area contributed by atoms with Gasteiger partial charge in [0.15, 0.2) is 0 Å². The second-order valence-electron chi connectivity index (χ2n) is 1.68. The smallest absolute Gasteiger partial charge is 0.141 e. The molecule has 0 aromatic heterocycles. The molecule has 0 atom stereocenters. The van der Waals surface area contributed by atoms with E-state index in [1.807, 2.05) is 0 Å². The van der Waals surface area contributed by atoms with Gasteiger partial charge in [0.25, 0.3) is 0 Å². The summed E-state index contributed by atoms with van der Waals surface area (Å²) in [5.74, 6) is -1.38. The minimum absolute atomic E-state index is 0.0539. The summed E-state index contributed by atoms with van der Waals surface area (Å²) in [6, 6.07) is 2.07. The minimum atomic E-state index is -0.690. The van der Waals surface area contributed by atoms with Gasteiger partial charge in [0.2, 0.25) is 0 Å². The van der Waals surface area contributed by atoms with Gasteiger partial charge < -0.3 is 0 Å². The van der Waals surface area contributed by atoms with Crippen LogP contribution in [0.1, 0.15) is 0 Å². The maximum absolute atomic E-state index is 12.5. The zero-order valence-corrected chi connectivity index (χ0v) is 7.01. The molecule has 1 aromatic rings. The Morgan fingerprint density at radius 2 is 1.60 bits per heavy atom. The van der Waals surface area contributed by atoms with E-state index in [-0.39, 0.29) is 9.50 Å². The Hall–Kier alpha value is -0.150. The van der Waals surface area contributed by atoms with Crippen molar-refractivity contribution in [1.29, 1.82) is 0 Å². The molecule has 0 unspecified atom stereocenters. The van der Waals surface area contributed by atoms with Crippen LogP contribution in [-0.4, -0.2) is 0 Å². The van der Waals surface area contributed by atoms with Gasteiger partial charge in [0, 0.05) is 5.02 Å². The van der Waals surface area contributed by atoms with Gasteiger partial charge in [-0.15, -0.1) is 0 Å². The Morgan fingerprint density at radius 3 is 2.00 bits per heavy atom. The van der Waals surface area contributed by atoms with Crippen LogP contribution in [-0.2, 0) is 0 Å². The molecule has 0 aliphatic rings. The molecule has 4 heteroatoms. The van der Waals surface area contributed by atoms with Crippen molar-refractivity contribution >= 4 is 27.5 Å². The highest BCUT2D eigenvalue weighted by molar-refractivity contribution is 9.10. The Balaban J connectivity index is 3.31. The predicted octanol–water partition coefficient (Wildman–Crippen LogP) is 3.38. The molecule has 0 saturated heterocycles. The van der Waals surface area contributed by atoms with Crippen LogP contribution in [0.15, 0.2) is 16.6 Å². The molecule has 0 bridgehead atoms. The molecule has 0 aliphatic carbocycles. The third-order valence-corrected chi connectivity index (χ3v) is 1.92. The zero-order chi connectivity index (χ0) is 7.72. The second-order valence-corrected chi connectivity index (χ2v) is 2.91. The van der Waals surface area contributed by atoms with Crippen molar-refractivity contribution < 1.29 is 8.78 Å². The van der Waals surface area contributed by atoms with Crippen LogP contribution in [0, 0.1) is 11.6 Å². The Bertz CT molecular complexity index is 239. The summed E-state index contributed by atoms with van der Waals surface area (Å²) < 4.78 is 24.8. The molecular formula is C6H2BrClF2. The molecule has 10 heavy (non-hydrogen) atoms. The van der Waals surface area contributed by atoms with Gasteiger partial charge in [-0.3, -0.25) is 0 Å². The number of halogens is 4. The Labute approximate surface area is 69.9 Å². The molecule has 0 aliphatic heterocycles. The number of hydrogen-bond acceptors (Lipinski definition) is 0. The second kappa shape index (κ2) is 2.84. The predicted molar refractivity (Wildman–Crippen MR) is 39.1 cm³/mol. The van der Waals surface area contributed by atoms with Gasteiger partial charge in [0.05, 0.1) is 4.47 Å². The fraction of sp³-hybridized carbons (Fsp3) is 0. The van der Waals surface area contributed by atoms with Gasteiger partial charge in [-0.1, -0.05) is 11.6 Å². The van der Waals surface area contributed by atoms with Crippen LogP contribution in [0.25, 0.3) is 0 Å². The quantitative estimate of drug-likeness (QED) is 0.471. The van der Waals surface area contributed by atoms with Crippen molar-refractivity contribution in [3.05, 3.63) is 33.3 Å². The molecule has 0 amide bonds. The molecule has 0 saturated carbocycles. The summed E-state index contributed by atoms with van der Waals surface area (Å²) in [4.78, 5) is 0. The topological polar surface area (TPSA) is 0 Å². The first-order valence-electron chi connectivity index (χ1n) is 2.41. The van der Waals surface area contributed by atoms with Crippen LogP contribution in [0.4, 0.5) is 8.78 Å². The van der Waals surface area contributed by atoms with Crippen molar-refractivity contribution in [3.63, 3.8) is 0 Å². The number of hydrogen-bond donors (Lipinski definition) is 0. The van der Waals surface area contributed by atoms with E-state index in [9.17, 15) is 8.78 Å². The lowest BCUT2D eigenvalue weighted by Crippen LogP contribution is -1.82. The van der Waals surface area contributed by atoms with E-state index < -0.39 is 11.6 Å². The number of benzene rings is 1. The van der Waals surface area contributed by atoms with Crippen molar-refractivity contribution in [1.82, 2.24) is 0 Å². The largest absolute Gasteiger partial charge is 0.206 e. The number of rotatable bonds is 0. The van der Waals surface area contributed by atoms with Crippen LogP contribution in [0.3, 0.4) is 0 Å². The Kier molecular flexibility index (Phi) is 2.26. The molecule has 1 rings (SSSR count). The third kappa shape index (κ3) is 1.47. The molecule has 0 nitrogen and oxygen atoms in total. The minimum Gasteiger partial charge on any atom is -0.206 e. The molecule has 1 aromatic carbocycles. The molecule has 0 radical (unpaired) electrons. The summed E-state index contributed by atoms with van der Waals surface area (Å²) in [5, 5.41) is 0.0539. The van der Waals surface area contributed by atoms with E-state index in [1.54, 1.807) is 0 Å².